The number of nitrogens with zero attached hydrogens (tertiary/aromatic N) is 3. The molecule has 1 aromatic carbocycles. The lowest BCUT2D eigenvalue weighted by Gasteiger charge is -2.35. The molecule has 2 N–H and O–H groups in total. The lowest BCUT2D eigenvalue weighted by Crippen LogP contribution is -2.41. The number of benzene rings is 1. The van der Waals surface area contributed by atoms with Crippen LogP contribution in [0.1, 0.15) is 13.8 Å². The molecule has 0 aliphatic carbocycles. The van der Waals surface area contributed by atoms with E-state index >= 15 is 0 Å². The highest BCUT2D eigenvalue weighted by Crippen LogP contribution is 2.29. The average Bonchev–Trinajstić information content (AvgIpc) is 2.46. The summed E-state index contributed by atoms with van der Waals surface area (Å²) in [7, 11) is 0. The highest BCUT2D eigenvalue weighted by atomic mass is 32.2. The van der Waals surface area contributed by atoms with Crippen molar-refractivity contribution >= 4 is 23.4 Å². The number of aromatic nitrogens is 2. The number of hydrogen-bond donors (Lipinski definition) is 1. The molecular formula is C16H20N4S. The van der Waals surface area contributed by atoms with Crippen LogP contribution in [-0.2, 0) is 0 Å². The van der Waals surface area contributed by atoms with E-state index in [1.54, 1.807) is 0 Å². The average molecular weight is 300 g/mol. The summed E-state index contributed by atoms with van der Waals surface area (Å²) >= 11 is 2.03. The zero-order valence-corrected chi connectivity index (χ0v) is 13.2. The normalized spacial score (nSPS) is 22.3. The molecular weight excluding hydrogens is 280 g/mol. The minimum atomic E-state index is 0.525. The van der Waals surface area contributed by atoms with Crippen molar-refractivity contribution in [3.8, 4) is 11.4 Å². The van der Waals surface area contributed by atoms with E-state index in [4.69, 9.17) is 10.7 Å². The summed E-state index contributed by atoms with van der Waals surface area (Å²) in [4.78, 5) is 11.4. The van der Waals surface area contributed by atoms with Gasteiger partial charge in [0.2, 0.25) is 0 Å². The minimum absolute atomic E-state index is 0.525. The zero-order valence-electron chi connectivity index (χ0n) is 12.4. The first kappa shape index (κ1) is 14.2. The van der Waals surface area contributed by atoms with Crippen molar-refractivity contribution < 1.29 is 0 Å². The van der Waals surface area contributed by atoms with Crippen molar-refractivity contribution in [2.24, 2.45) is 0 Å². The second kappa shape index (κ2) is 5.93. The molecule has 4 nitrogen and oxygen atoms in total. The van der Waals surface area contributed by atoms with Gasteiger partial charge in [0.15, 0.2) is 5.82 Å². The van der Waals surface area contributed by atoms with E-state index in [1.807, 2.05) is 48.2 Å². The Morgan fingerprint density at radius 3 is 2.43 bits per heavy atom. The molecule has 0 radical (unpaired) electrons. The molecule has 1 aliphatic heterocycles. The Bertz CT molecular complexity index is 607. The van der Waals surface area contributed by atoms with Gasteiger partial charge in [-0.25, -0.2) is 9.97 Å². The van der Waals surface area contributed by atoms with Crippen molar-refractivity contribution in [2.45, 2.75) is 24.3 Å². The standard InChI is InChI=1S/C16H20N4S/c1-11-9-20(10-12(2)21-11)15-8-14(17)18-16(19-15)13-6-4-3-5-7-13/h3-8,11-12H,9-10H2,1-2H3,(H2,17,18,19). The van der Waals surface area contributed by atoms with Gasteiger partial charge < -0.3 is 10.6 Å². The van der Waals surface area contributed by atoms with Crippen LogP contribution in [0.25, 0.3) is 11.4 Å². The van der Waals surface area contributed by atoms with Crippen molar-refractivity contribution in [2.75, 3.05) is 23.7 Å². The molecule has 0 spiro atoms. The molecule has 1 aromatic heterocycles. The van der Waals surface area contributed by atoms with E-state index in [0.29, 0.717) is 22.1 Å². The first-order valence-electron chi connectivity index (χ1n) is 7.22. The zero-order chi connectivity index (χ0) is 14.8. The van der Waals surface area contributed by atoms with Crippen LogP contribution in [0.4, 0.5) is 11.6 Å². The Hall–Kier alpha value is -1.75. The summed E-state index contributed by atoms with van der Waals surface area (Å²) in [5.41, 5.74) is 6.99. The fourth-order valence-corrected chi connectivity index (χ4v) is 4.02. The largest absolute Gasteiger partial charge is 0.384 e. The Kier molecular flexibility index (Phi) is 4.01. The summed E-state index contributed by atoms with van der Waals surface area (Å²) in [6.07, 6.45) is 0. The van der Waals surface area contributed by atoms with E-state index in [9.17, 15) is 0 Å². The van der Waals surface area contributed by atoms with E-state index < -0.39 is 0 Å². The van der Waals surface area contributed by atoms with Crippen molar-refractivity contribution in [1.82, 2.24) is 9.97 Å². The third-order valence-corrected chi connectivity index (χ3v) is 4.74. The predicted octanol–water partition coefficient (Wildman–Crippen LogP) is 3.06. The van der Waals surface area contributed by atoms with E-state index in [0.717, 1.165) is 24.5 Å². The number of nitrogens with two attached hydrogens (primary N) is 1. The molecule has 0 amide bonds. The van der Waals surface area contributed by atoms with Gasteiger partial charge in [-0.05, 0) is 0 Å². The minimum Gasteiger partial charge on any atom is -0.384 e. The van der Waals surface area contributed by atoms with Crippen LogP contribution in [0.3, 0.4) is 0 Å². The summed E-state index contributed by atoms with van der Waals surface area (Å²) in [5, 5.41) is 1.20. The first-order chi connectivity index (χ1) is 10.1. The highest BCUT2D eigenvalue weighted by molar-refractivity contribution is 8.00. The molecule has 5 heteroatoms. The van der Waals surface area contributed by atoms with Crippen LogP contribution in [0.15, 0.2) is 36.4 Å². The molecule has 3 rings (SSSR count). The second-order valence-electron chi connectivity index (χ2n) is 5.50. The van der Waals surface area contributed by atoms with Crippen molar-refractivity contribution in [1.29, 1.82) is 0 Å². The van der Waals surface area contributed by atoms with Crippen molar-refractivity contribution in [3.63, 3.8) is 0 Å². The fourth-order valence-electron chi connectivity index (χ4n) is 2.70. The summed E-state index contributed by atoms with van der Waals surface area (Å²) < 4.78 is 0. The number of nitrogen functional groups attached to an aromatic ring is 1. The fraction of sp³-hybridized carbons (Fsp3) is 0.375. The molecule has 21 heavy (non-hydrogen) atoms. The third kappa shape index (κ3) is 3.29. The van der Waals surface area contributed by atoms with Gasteiger partial charge in [0, 0.05) is 35.2 Å². The van der Waals surface area contributed by atoms with Crippen LogP contribution in [-0.4, -0.2) is 33.6 Å². The van der Waals surface area contributed by atoms with Crippen LogP contribution >= 0.6 is 11.8 Å². The Labute approximate surface area is 129 Å². The lowest BCUT2D eigenvalue weighted by molar-refractivity contribution is 0.718. The third-order valence-electron chi connectivity index (χ3n) is 3.51. The number of thioether (sulfide) groups is 1. The second-order valence-corrected chi connectivity index (χ2v) is 7.38. The predicted molar refractivity (Wildman–Crippen MR) is 90.6 cm³/mol. The van der Waals surface area contributed by atoms with Gasteiger partial charge in [-0.1, -0.05) is 44.2 Å². The molecule has 0 bridgehead atoms. The van der Waals surface area contributed by atoms with Gasteiger partial charge in [0.05, 0.1) is 0 Å². The highest BCUT2D eigenvalue weighted by Gasteiger charge is 2.24. The summed E-state index contributed by atoms with van der Waals surface area (Å²) in [6.45, 7) is 6.52. The van der Waals surface area contributed by atoms with Crippen LogP contribution in [0, 0.1) is 0 Å². The van der Waals surface area contributed by atoms with E-state index in [2.05, 4.69) is 23.7 Å². The molecule has 0 saturated carbocycles. The molecule has 2 aromatic rings. The maximum absolute atomic E-state index is 5.99. The van der Waals surface area contributed by atoms with Gasteiger partial charge in [-0.2, -0.15) is 11.8 Å². The first-order valence-corrected chi connectivity index (χ1v) is 8.16. The SMILES string of the molecule is CC1CN(c2cc(N)nc(-c3ccccc3)n2)CC(C)S1. The smallest absolute Gasteiger partial charge is 0.163 e. The number of rotatable bonds is 2. The maximum atomic E-state index is 5.99. The van der Waals surface area contributed by atoms with Gasteiger partial charge >= 0.3 is 0 Å². The van der Waals surface area contributed by atoms with Crippen LogP contribution in [0.2, 0.25) is 0 Å². The van der Waals surface area contributed by atoms with E-state index in [1.165, 1.54) is 0 Å². The quantitative estimate of drug-likeness (QED) is 0.924. The van der Waals surface area contributed by atoms with Crippen LogP contribution in [0.5, 0.6) is 0 Å². The van der Waals surface area contributed by atoms with Crippen molar-refractivity contribution in [3.05, 3.63) is 36.4 Å². The van der Waals surface area contributed by atoms with Gasteiger partial charge in [0.25, 0.3) is 0 Å². The van der Waals surface area contributed by atoms with Gasteiger partial charge in [0.1, 0.15) is 11.6 Å². The number of hydrogen-bond acceptors (Lipinski definition) is 5. The molecule has 1 saturated heterocycles. The van der Waals surface area contributed by atoms with Gasteiger partial charge in [-0.15, -0.1) is 0 Å². The molecule has 1 aliphatic rings. The summed E-state index contributed by atoms with van der Waals surface area (Å²) in [5.74, 6) is 2.15. The van der Waals surface area contributed by atoms with E-state index in [-0.39, 0.29) is 0 Å². The monoisotopic (exact) mass is 300 g/mol. The molecule has 2 heterocycles. The Balaban J connectivity index is 1.94. The van der Waals surface area contributed by atoms with Gasteiger partial charge in [-0.3, -0.25) is 0 Å². The maximum Gasteiger partial charge on any atom is 0.163 e. The molecule has 2 unspecified atom stereocenters. The van der Waals surface area contributed by atoms with Crippen LogP contribution < -0.4 is 10.6 Å². The molecule has 110 valence electrons. The topological polar surface area (TPSA) is 55.0 Å². The summed E-state index contributed by atoms with van der Waals surface area (Å²) in [6, 6.07) is 11.9. The molecule has 2 atom stereocenters. The Morgan fingerprint density at radius 2 is 1.76 bits per heavy atom. The Morgan fingerprint density at radius 1 is 1.10 bits per heavy atom. The molecule has 1 fully saturated rings. The lowest BCUT2D eigenvalue weighted by atomic mass is 10.2. The number of anilines is 2.